The minimum absolute atomic E-state index is 0.200. The Morgan fingerprint density at radius 1 is 1.23 bits per heavy atom. The Morgan fingerprint density at radius 3 is 2.68 bits per heavy atom. The van der Waals surface area contributed by atoms with E-state index in [1.165, 1.54) is 12.0 Å². The molecule has 0 aliphatic heterocycles. The van der Waals surface area contributed by atoms with Gasteiger partial charge in [0.15, 0.2) is 8.03 Å². The van der Waals surface area contributed by atoms with Crippen molar-refractivity contribution in [3.8, 4) is 0 Å². The molecule has 1 N–H and O–H groups in total. The molecule has 0 saturated heterocycles. The number of rotatable bonds is 7. The second-order valence-corrected chi connectivity index (χ2v) is 6.32. The van der Waals surface area contributed by atoms with Gasteiger partial charge in [-0.05, 0) is 22.8 Å². The largest absolute Gasteiger partial charge is 0.346 e. The lowest BCUT2D eigenvalue weighted by atomic mass is 10.1. The number of nitrogens with zero attached hydrogens (tertiary/aromatic N) is 1. The Labute approximate surface area is 130 Å². The van der Waals surface area contributed by atoms with Crippen LogP contribution in [-0.2, 0) is 20.8 Å². The summed E-state index contributed by atoms with van der Waals surface area (Å²) in [4.78, 5) is 26.0. The van der Waals surface area contributed by atoms with E-state index in [2.05, 4.69) is 0 Å². The molecule has 1 unspecified atom stereocenters. The van der Waals surface area contributed by atoms with E-state index >= 15 is 0 Å². The predicted molar refractivity (Wildman–Crippen MR) is 86.8 cm³/mol. The minimum atomic E-state index is -2.49. The molecule has 2 rings (SSSR count). The molecule has 0 aliphatic rings. The van der Waals surface area contributed by atoms with Gasteiger partial charge >= 0.3 is 0 Å². The first-order valence-electron chi connectivity index (χ1n) is 7.17. The van der Waals surface area contributed by atoms with Crippen molar-refractivity contribution in [1.82, 2.24) is 5.06 Å². The number of fused-ring (bicyclic) bond motifs is 1. The molecule has 0 fully saturated rings. The zero-order chi connectivity index (χ0) is 15.9. The normalized spacial score (nSPS) is 12.3. The summed E-state index contributed by atoms with van der Waals surface area (Å²) in [5.74, 6) is -0.210. The van der Waals surface area contributed by atoms with Crippen molar-refractivity contribution in [3.63, 3.8) is 0 Å². The molecule has 1 amide bonds. The van der Waals surface area contributed by atoms with Crippen LogP contribution in [0.15, 0.2) is 42.5 Å². The third-order valence-corrected chi connectivity index (χ3v) is 4.14. The van der Waals surface area contributed by atoms with E-state index in [1.54, 1.807) is 0 Å². The van der Waals surface area contributed by atoms with E-state index in [4.69, 9.17) is 9.73 Å². The topological polar surface area (TPSA) is 66.8 Å². The maximum absolute atomic E-state index is 11.6. The van der Waals surface area contributed by atoms with Crippen LogP contribution in [0.1, 0.15) is 18.9 Å². The van der Waals surface area contributed by atoms with Crippen LogP contribution in [0.3, 0.4) is 0 Å². The van der Waals surface area contributed by atoms with E-state index in [9.17, 15) is 9.36 Å². The monoisotopic (exact) mass is 321 g/mol. The highest BCUT2D eigenvalue weighted by Gasteiger charge is 2.11. The smallest absolute Gasteiger partial charge is 0.243 e. The van der Waals surface area contributed by atoms with Crippen LogP contribution in [0.5, 0.6) is 0 Å². The first-order chi connectivity index (χ1) is 10.6. The lowest BCUT2D eigenvalue weighted by Gasteiger charge is -2.20. The number of hydrogen-bond acceptors (Lipinski definition) is 3. The van der Waals surface area contributed by atoms with Crippen LogP contribution in [-0.4, -0.2) is 28.6 Å². The van der Waals surface area contributed by atoms with E-state index < -0.39 is 8.03 Å². The number of carbonyl (C=O) groups is 1. The molecule has 1 atom stereocenters. The summed E-state index contributed by atoms with van der Waals surface area (Å²) in [6.07, 6.45) is 0.648. The number of carbonyl (C=O) groups excluding carboxylic acids is 1. The summed E-state index contributed by atoms with van der Waals surface area (Å²) in [6, 6.07) is 13.9. The first kappa shape index (κ1) is 16.7. The van der Waals surface area contributed by atoms with Crippen LogP contribution in [0.4, 0.5) is 0 Å². The molecule has 0 aromatic heterocycles. The molecule has 5 nitrogen and oxygen atoms in total. The maximum atomic E-state index is 11.6. The van der Waals surface area contributed by atoms with Gasteiger partial charge in [-0.3, -0.25) is 14.2 Å². The summed E-state index contributed by atoms with van der Waals surface area (Å²) >= 11 is 0. The van der Waals surface area contributed by atoms with Crippen LogP contribution < -0.4 is 0 Å². The van der Waals surface area contributed by atoms with Gasteiger partial charge in [0.2, 0.25) is 5.91 Å². The Morgan fingerprint density at radius 2 is 1.95 bits per heavy atom. The molecular weight excluding hydrogens is 301 g/mol. The molecule has 6 heteroatoms. The Bertz CT molecular complexity index is 669. The summed E-state index contributed by atoms with van der Waals surface area (Å²) in [5.41, 5.74) is 1.00. The molecule has 2 aromatic rings. The number of benzene rings is 2. The summed E-state index contributed by atoms with van der Waals surface area (Å²) in [7, 11) is -2.49. The van der Waals surface area contributed by atoms with Crippen molar-refractivity contribution in [2.45, 2.75) is 20.0 Å². The van der Waals surface area contributed by atoms with Gasteiger partial charge in [0.1, 0.15) is 6.61 Å². The van der Waals surface area contributed by atoms with E-state index in [0.717, 1.165) is 16.3 Å². The Balaban J connectivity index is 2.02. The standard InChI is InChI=1S/C16H20NO4P/c1-13(18)17(10-5-11-22(19)20)21-12-15-8-4-7-14-6-2-3-9-16(14)15/h2-4,6-9,22H,5,10-12H2,1H3,(H,19,20). The highest BCUT2D eigenvalue weighted by Crippen LogP contribution is 2.20. The highest BCUT2D eigenvalue weighted by atomic mass is 31.1. The molecule has 0 heterocycles. The molecule has 0 aliphatic carbocycles. The fraction of sp³-hybridized carbons (Fsp3) is 0.312. The minimum Gasteiger partial charge on any atom is -0.346 e. The molecule has 0 saturated carbocycles. The maximum Gasteiger partial charge on any atom is 0.243 e. The van der Waals surface area contributed by atoms with Crippen molar-refractivity contribution < 1.29 is 19.1 Å². The van der Waals surface area contributed by atoms with Gasteiger partial charge in [-0.15, -0.1) is 0 Å². The van der Waals surface area contributed by atoms with Crippen molar-refractivity contribution in [3.05, 3.63) is 48.0 Å². The van der Waals surface area contributed by atoms with E-state index in [0.29, 0.717) is 13.0 Å². The lowest BCUT2D eigenvalue weighted by molar-refractivity contribution is -0.189. The quantitative estimate of drug-likeness (QED) is 0.629. The Hall–Kier alpha value is -1.68. The van der Waals surface area contributed by atoms with Crippen molar-refractivity contribution in [2.24, 2.45) is 0 Å². The fourth-order valence-corrected chi connectivity index (χ4v) is 2.71. The second kappa shape index (κ2) is 8.08. The van der Waals surface area contributed by atoms with Crippen LogP contribution >= 0.6 is 8.03 Å². The van der Waals surface area contributed by atoms with Gasteiger partial charge in [-0.1, -0.05) is 42.5 Å². The summed E-state index contributed by atoms with van der Waals surface area (Å²) in [6.45, 7) is 2.03. The lowest BCUT2D eigenvalue weighted by Crippen LogP contribution is -2.30. The van der Waals surface area contributed by atoms with Crippen molar-refractivity contribution in [2.75, 3.05) is 12.7 Å². The van der Waals surface area contributed by atoms with Crippen LogP contribution in [0.2, 0.25) is 0 Å². The molecule has 118 valence electrons. The second-order valence-electron chi connectivity index (χ2n) is 5.03. The zero-order valence-electron chi connectivity index (χ0n) is 12.5. The molecule has 0 bridgehead atoms. The molecule has 0 spiro atoms. The van der Waals surface area contributed by atoms with Gasteiger partial charge in [0.05, 0.1) is 0 Å². The summed E-state index contributed by atoms with van der Waals surface area (Å²) in [5, 5.41) is 3.47. The van der Waals surface area contributed by atoms with Gasteiger partial charge in [0, 0.05) is 19.6 Å². The fourth-order valence-electron chi connectivity index (χ4n) is 2.25. The Kier molecular flexibility index (Phi) is 6.13. The summed E-state index contributed by atoms with van der Waals surface area (Å²) < 4.78 is 10.7. The van der Waals surface area contributed by atoms with Crippen LogP contribution in [0.25, 0.3) is 10.8 Å². The number of hydroxylamine groups is 2. The third-order valence-electron chi connectivity index (χ3n) is 3.36. The van der Waals surface area contributed by atoms with Crippen molar-refractivity contribution in [1.29, 1.82) is 0 Å². The molecule has 0 radical (unpaired) electrons. The zero-order valence-corrected chi connectivity index (χ0v) is 13.5. The third kappa shape index (κ3) is 4.67. The molecule has 22 heavy (non-hydrogen) atoms. The predicted octanol–water partition coefficient (Wildman–Crippen LogP) is 2.98. The van der Waals surface area contributed by atoms with E-state index in [1.807, 2.05) is 42.5 Å². The van der Waals surface area contributed by atoms with Gasteiger partial charge in [-0.2, -0.15) is 0 Å². The van der Waals surface area contributed by atoms with Gasteiger partial charge in [0.25, 0.3) is 0 Å². The highest BCUT2D eigenvalue weighted by molar-refractivity contribution is 7.37. The van der Waals surface area contributed by atoms with Gasteiger partial charge in [-0.25, -0.2) is 5.06 Å². The number of hydrogen-bond donors (Lipinski definition) is 1. The van der Waals surface area contributed by atoms with E-state index in [-0.39, 0.29) is 18.7 Å². The SMILES string of the molecule is CC(=O)N(CCC[PH](=O)O)OCc1cccc2ccccc12. The van der Waals surface area contributed by atoms with Crippen molar-refractivity contribution >= 4 is 24.7 Å². The molecule has 2 aromatic carbocycles. The molecular formula is C16H20NO4P. The van der Waals surface area contributed by atoms with Gasteiger partial charge < -0.3 is 4.89 Å². The average molecular weight is 321 g/mol. The first-order valence-corrected chi connectivity index (χ1v) is 8.73. The number of amides is 1. The van der Waals surface area contributed by atoms with Crippen LogP contribution in [0, 0.1) is 0 Å². The average Bonchev–Trinajstić information content (AvgIpc) is 2.50.